The second kappa shape index (κ2) is 7.14. The van der Waals surface area contributed by atoms with Gasteiger partial charge in [-0.25, -0.2) is 0 Å². The summed E-state index contributed by atoms with van der Waals surface area (Å²) in [6.07, 6.45) is 9.55. The minimum Gasteiger partial charge on any atom is -0.346 e. The number of nitrogens with one attached hydrogen (secondary N) is 1. The van der Waals surface area contributed by atoms with E-state index in [-0.39, 0.29) is 0 Å². The van der Waals surface area contributed by atoms with E-state index in [1.807, 2.05) is 0 Å². The number of nitrogens with zero attached hydrogens (tertiary/aromatic N) is 1. The number of aromatic nitrogens is 1. The molecule has 0 saturated heterocycles. The number of hydrogen-bond donors (Lipinski definition) is 1. The number of hydrogen-bond acceptors (Lipinski definition) is 1. The van der Waals surface area contributed by atoms with Gasteiger partial charge < -0.3 is 9.88 Å². The summed E-state index contributed by atoms with van der Waals surface area (Å²) in [5, 5.41) is 3.57. The van der Waals surface area contributed by atoms with Crippen LogP contribution < -0.4 is 5.32 Å². The smallest absolute Gasteiger partial charge is 0.0335 e. The van der Waals surface area contributed by atoms with Gasteiger partial charge in [0.25, 0.3) is 0 Å². The number of aryl methyl sites for hydroxylation is 1. The molecule has 2 nitrogen and oxygen atoms in total. The Labute approximate surface area is 118 Å². The van der Waals surface area contributed by atoms with Crippen molar-refractivity contribution in [3.05, 3.63) is 23.0 Å². The average Bonchev–Trinajstić information content (AvgIpc) is 2.71. The van der Waals surface area contributed by atoms with Crippen molar-refractivity contribution >= 4 is 0 Å². The summed E-state index contributed by atoms with van der Waals surface area (Å²) in [5.41, 5.74) is 4.45. The summed E-state index contributed by atoms with van der Waals surface area (Å²) in [7, 11) is 0. The summed E-state index contributed by atoms with van der Waals surface area (Å²) in [6, 6.07) is 3.15. The van der Waals surface area contributed by atoms with Gasteiger partial charge in [-0.15, -0.1) is 0 Å². The zero-order valence-electron chi connectivity index (χ0n) is 13.0. The molecule has 108 valence electrons. The van der Waals surface area contributed by atoms with Crippen molar-refractivity contribution in [2.75, 3.05) is 6.54 Å². The van der Waals surface area contributed by atoms with Crippen LogP contribution in [0.25, 0.3) is 0 Å². The molecule has 1 aromatic rings. The molecule has 1 aliphatic carbocycles. The van der Waals surface area contributed by atoms with Gasteiger partial charge in [0.05, 0.1) is 0 Å². The molecule has 2 heteroatoms. The minimum atomic E-state index is 0.762. The van der Waals surface area contributed by atoms with Gasteiger partial charge in [0.15, 0.2) is 0 Å². The number of unbranched alkanes of at least 4 members (excludes halogenated alkanes) is 1. The maximum absolute atomic E-state index is 3.57. The topological polar surface area (TPSA) is 17.0 Å². The molecule has 1 heterocycles. The highest BCUT2D eigenvalue weighted by molar-refractivity contribution is 5.27. The second-order valence-corrected chi connectivity index (χ2v) is 6.09. The highest BCUT2D eigenvalue weighted by atomic mass is 15.0. The Balaban J connectivity index is 2.01. The van der Waals surface area contributed by atoms with Gasteiger partial charge >= 0.3 is 0 Å². The fraction of sp³-hybridized carbons (Fsp3) is 0.765. The Morgan fingerprint density at radius 1 is 1.21 bits per heavy atom. The summed E-state index contributed by atoms with van der Waals surface area (Å²) in [6.45, 7) is 9.00. The predicted octanol–water partition coefficient (Wildman–Crippen LogP) is 4.50. The summed E-state index contributed by atoms with van der Waals surface area (Å²) >= 11 is 0. The standard InChI is InChI=1S/C17H30N2/c1-4-5-11-18-13-16-12-14(2)19(15(16)3)17-9-7-6-8-10-17/h12,17-18H,4-11,13H2,1-3H3. The van der Waals surface area contributed by atoms with Crippen molar-refractivity contribution < 1.29 is 0 Å². The third-order valence-corrected chi connectivity index (χ3v) is 4.55. The molecule has 1 aliphatic rings. The van der Waals surface area contributed by atoms with E-state index in [0.717, 1.165) is 19.1 Å². The third kappa shape index (κ3) is 3.62. The summed E-state index contributed by atoms with van der Waals surface area (Å²) < 4.78 is 2.61. The molecule has 1 saturated carbocycles. The van der Waals surface area contributed by atoms with E-state index in [1.54, 1.807) is 0 Å². The third-order valence-electron chi connectivity index (χ3n) is 4.55. The first kappa shape index (κ1) is 14.6. The van der Waals surface area contributed by atoms with E-state index in [1.165, 1.54) is 61.9 Å². The fourth-order valence-corrected chi connectivity index (χ4v) is 3.45. The van der Waals surface area contributed by atoms with Gasteiger partial charge in [-0.1, -0.05) is 32.6 Å². The maximum atomic E-state index is 3.57. The van der Waals surface area contributed by atoms with Crippen molar-refractivity contribution in [1.82, 2.24) is 9.88 Å². The van der Waals surface area contributed by atoms with Crippen LogP contribution in [0.2, 0.25) is 0 Å². The largest absolute Gasteiger partial charge is 0.346 e. The summed E-state index contributed by atoms with van der Waals surface area (Å²) in [5.74, 6) is 0. The molecule has 0 radical (unpaired) electrons. The second-order valence-electron chi connectivity index (χ2n) is 6.09. The molecule has 1 fully saturated rings. The molecule has 0 bridgehead atoms. The Kier molecular flexibility index (Phi) is 5.50. The van der Waals surface area contributed by atoms with Crippen LogP contribution in [0.1, 0.15) is 74.9 Å². The van der Waals surface area contributed by atoms with Crippen molar-refractivity contribution in [1.29, 1.82) is 0 Å². The Morgan fingerprint density at radius 3 is 2.63 bits per heavy atom. The van der Waals surface area contributed by atoms with Crippen molar-refractivity contribution in [2.24, 2.45) is 0 Å². The maximum Gasteiger partial charge on any atom is 0.0335 e. The zero-order valence-corrected chi connectivity index (χ0v) is 13.0. The Hall–Kier alpha value is -0.760. The highest BCUT2D eigenvalue weighted by Crippen LogP contribution is 2.32. The lowest BCUT2D eigenvalue weighted by Crippen LogP contribution is -2.17. The van der Waals surface area contributed by atoms with Crippen LogP contribution in [-0.4, -0.2) is 11.1 Å². The molecule has 0 unspecified atom stereocenters. The van der Waals surface area contributed by atoms with Gasteiger partial charge in [0.1, 0.15) is 0 Å². The number of rotatable bonds is 6. The quantitative estimate of drug-likeness (QED) is 0.747. The van der Waals surface area contributed by atoms with Crippen LogP contribution in [0.3, 0.4) is 0 Å². The van der Waals surface area contributed by atoms with E-state index in [0.29, 0.717) is 0 Å². The lowest BCUT2D eigenvalue weighted by atomic mass is 9.95. The van der Waals surface area contributed by atoms with Crippen molar-refractivity contribution in [3.8, 4) is 0 Å². The van der Waals surface area contributed by atoms with E-state index in [2.05, 4.69) is 36.7 Å². The van der Waals surface area contributed by atoms with Gasteiger partial charge in [-0.2, -0.15) is 0 Å². The lowest BCUT2D eigenvalue weighted by Gasteiger charge is -2.26. The van der Waals surface area contributed by atoms with Crippen LogP contribution in [0, 0.1) is 13.8 Å². The van der Waals surface area contributed by atoms with E-state index < -0.39 is 0 Å². The molecule has 2 rings (SSSR count). The van der Waals surface area contributed by atoms with Crippen LogP contribution in [0.5, 0.6) is 0 Å². The van der Waals surface area contributed by atoms with Gasteiger partial charge in [-0.3, -0.25) is 0 Å². The Morgan fingerprint density at radius 2 is 1.95 bits per heavy atom. The van der Waals surface area contributed by atoms with Crippen LogP contribution >= 0.6 is 0 Å². The van der Waals surface area contributed by atoms with E-state index in [4.69, 9.17) is 0 Å². The highest BCUT2D eigenvalue weighted by Gasteiger charge is 2.19. The van der Waals surface area contributed by atoms with Crippen LogP contribution in [-0.2, 0) is 6.54 Å². The minimum absolute atomic E-state index is 0.762. The molecule has 19 heavy (non-hydrogen) atoms. The predicted molar refractivity (Wildman–Crippen MR) is 82.6 cm³/mol. The molecule has 0 atom stereocenters. The normalized spacial score (nSPS) is 17.0. The zero-order chi connectivity index (χ0) is 13.7. The first-order chi connectivity index (χ1) is 9.24. The molecule has 0 amide bonds. The lowest BCUT2D eigenvalue weighted by molar-refractivity contribution is 0.345. The molecule has 0 spiro atoms. The first-order valence-electron chi connectivity index (χ1n) is 8.12. The molecule has 0 aliphatic heterocycles. The SMILES string of the molecule is CCCCNCc1cc(C)n(C2CCCCC2)c1C. The van der Waals surface area contributed by atoms with Crippen molar-refractivity contribution in [2.45, 2.75) is 78.3 Å². The fourth-order valence-electron chi connectivity index (χ4n) is 3.45. The molecule has 1 N–H and O–H groups in total. The van der Waals surface area contributed by atoms with E-state index >= 15 is 0 Å². The van der Waals surface area contributed by atoms with E-state index in [9.17, 15) is 0 Å². The summed E-state index contributed by atoms with van der Waals surface area (Å²) in [4.78, 5) is 0. The van der Waals surface area contributed by atoms with Gasteiger partial charge in [0, 0.05) is 24.0 Å². The van der Waals surface area contributed by atoms with Gasteiger partial charge in [0.2, 0.25) is 0 Å². The monoisotopic (exact) mass is 262 g/mol. The van der Waals surface area contributed by atoms with Crippen LogP contribution in [0.15, 0.2) is 6.07 Å². The van der Waals surface area contributed by atoms with Crippen LogP contribution in [0.4, 0.5) is 0 Å². The average molecular weight is 262 g/mol. The van der Waals surface area contributed by atoms with Crippen molar-refractivity contribution in [3.63, 3.8) is 0 Å². The Bertz CT molecular complexity index is 386. The van der Waals surface area contributed by atoms with Gasteiger partial charge in [-0.05, 0) is 51.3 Å². The first-order valence-corrected chi connectivity index (χ1v) is 8.12. The molecular formula is C17H30N2. The molecule has 0 aromatic carbocycles. The molecular weight excluding hydrogens is 232 g/mol. The molecule has 1 aromatic heterocycles.